The molecule has 3 aromatic rings. The largest absolute Gasteiger partial charge is 0.494 e. The second-order valence-electron chi connectivity index (χ2n) is 8.39. The van der Waals surface area contributed by atoms with Gasteiger partial charge in [0.05, 0.1) is 19.8 Å². The van der Waals surface area contributed by atoms with Gasteiger partial charge >= 0.3 is 0 Å². The number of allylic oxidation sites excluding steroid dienone is 1. The Morgan fingerprint density at radius 1 is 0.939 bits per heavy atom. The average molecular weight is 453 g/mol. The van der Waals surface area contributed by atoms with Crippen LogP contribution in [-0.4, -0.2) is 13.7 Å². The molecule has 1 heterocycles. The number of benzene rings is 3. The van der Waals surface area contributed by atoms with Crippen molar-refractivity contribution in [1.82, 2.24) is 0 Å². The molecular formula is C28H27F3O2. The van der Waals surface area contributed by atoms with Crippen LogP contribution < -0.4 is 4.74 Å². The first kappa shape index (κ1) is 23.1. The highest BCUT2D eigenvalue weighted by molar-refractivity contribution is 5.71. The average Bonchev–Trinajstić information content (AvgIpc) is 2.85. The molecule has 1 saturated heterocycles. The summed E-state index contributed by atoms with van der Waals surface area (Å²) < 4.78 is 54.2. The molecule has 0 N–H and O–H groups in total. The minimum absolute atomic E-state index is 0.0937. The van der Waals surface area contributed by atoms with E-state index in [1.165, 1.54) is 25.3 Å². The first-order chi connectivity index (χ1) is 16.0. The molecule has 0 bridgehead atoms. The summed E-state index contributed by atoms with van der Waals surface area (Å²) in [6.07, 6.45) is 5.83. The molecule has 2 unspecified atom stereocenters. The van der Waals surface area contributed by atoms with E-state index in [0.717, 1.165) is 31.2 Å². The van der Waals surface area contributed by atoms with E-state index < -0.39 is 11.6 Å². The molecule has 1 aliphatic rings. The number of halogens is 3. The van der Waals surface area contributed by atoms with E-state index in [-0.39, 0.29) is 23.2 Å². The summed E-state index contributed by atoms with van der Waals surface area (Å²) in [6, 6.07) is 14.8. The molecule has 172 valence electrons. The molecule has 2 atom stereocenters. The van der Waals surface area contributed by atoms with E-state index in [4.69, 9.17) is 9.47 Å². The zero-order valence-corrected chi connectivity index (χ0v) is 18.6. The summed E-state index contributed by atoms with van der Waals surface area (Å²) in [6.45, 7) is 4.45. The second kappa shape index (κ2) is 10.3. The van der Waals surface area contributed by atoms with Crippen molar-refractivity contribution in [2.45, 2.75) is 31.8 Å². The van der Waals surface area contributed by atoms with E-state index in [1.54, 1.807) is 30.3 Å². The van der Waals surface area contributed by atoms with Crippen LogP contribution in [-0.2, 0) is 4.74 Å². The zero-order chi connectivity index (χ0) is 23.4. The fourth-order valence-electron chi connectivity index (χ4n) is 4.36. The van der Waals surface area contributed by atoms with E-state index in [0.29, 0.717) is 29.2 Å². The summed E-state index contributed by atoms with van der Waals surface area (Å²) >= 11 is 0. The Bertz CT molecular complexity index is 1120. The van der Waals surface area contributed by atoms with Gasteiger partial charge < -0.3 is 9.47 Å². The van der Waals surface area contributed by atoms with Crippen LogP contribution in [0, 0.1) is 23.4 Å². The van der Waals surface area contributed by atoms with E-state index >= 15 is 0 Å². The Morgan fingerprint density at radius 3 is 2.24 bits per heavy atom. The number of hydrogen-bond donors (Lipinski definition) is 0. The molecule has 0 radical (unpaired) electrons. The Morgan fingerprint density at radius 2 is 1.64 bits per heavy atom. The third-order valence-electron chi connectivity index (χ3n) is 6.29. The highest BCUT2D eigenvalue weighted by Crippen LogP contribution is 2.35. The molecular weight excluding hydrogens is 425 g/mol. The van der Waals surface area contributed by atoms with Crippen molar-refractivity contribution in [3.8, 4) is 28.0 Å². The van der Waals surface area contributed by atoms with Crippen molar-refractivity contribution in [2.24, 2.45) is 5.92 Å². The normalized spacial score (nSPS) is 18.2. The van der Waals surface area contributed by atoms with Gasteiger partial charge in [0, 0.05) is 11.1 Å². The smallest absolute Gasteiger partial charge is 0.201 e. The number of hydrogen-bond acceptors (Lipinski definition) is 2. The van der Waals surface area contributed by atoms with Crippen LogP contribution in [0.3, 0.4) is 0 Å². The molecule has 1 aliphatic heterocycles. The fourth-order valence-corrected chi connectivity index (χ4v) is 4.36. The number of rotatable bonds is 7. The SMILES string of the molecule is C=CCCC1CCC(c2ccc(-c3ccc(-c4ccc(OC)c(F)c4F)cc3)c(F)c2)OC1. The highest BCUT2D eigenvalue weighted by atomic mass is 19.2. The molecule has 3 aromatic carbocycles. The second-order valence-corrected chi connectivity index (χ2v) is 8.39. The summed E-state index contributed by atoms with van der Waals surface area (Å²) in [5, 5.41) is 0. The maximum Gasteiger partial charge on any atom is 0.201 e. The van der Waals surface area contributed by atoms with Gasteiger partial charge in [-0.3, -0.25) is 0 Å². The third-order valence-corrected chi connectivity index (χ3v) is 6.29. The standard InChI is InChI=1S/C28H27F3O2/c1-3-4-5-18-6-14-25(33-17-18)21-11-12-22(24(29)16-21)19-7-9-20(10-8-19)23-13-15-26(32-2)28(31)27(23)30/h3,7-13,15-16,18,25H,1,4-6,14,17H2,2H3. The third kappa shape index (κ3) is 4.98. The van der Waals surface area contributed by atoms with Gasteiger partial charge in [-0.05, 0) is 66.5 Å². The van der Waals surface area contributed by atoms with Crippen molar-refractivity contribution in [1.29, 1.82) is 0 Å². The number of methoxy groups -OCH3 is 1. The maximum absolute atomic E-state index is 15.0. The Balaban J connectivity index is 1.49. The highest BCUT2D eigenvalue weighted by Gasteiger charge is 2.23. The molecule has 0 spiro atoms. The lowest BCUT2D eigenvalue weighted by Gasteiger charge is -2.29. The Labute approximate surface area is 192 Å². The van der Waals surface area contributed by atoms with Crippen molar-refractivity contribution < 1.29 is 22.6 Å². The molecule has 2 nitrogen and oxygen atoms in total. The van der Waals surface area contributed by atoms with Crippen molar-refractivity contribution in [2.75, 3.05) is 13.7 Å². The van der Waals surface area contributed by atoms with Gasteiger partial charge in [-0.25, -0.2) is 8.78 Å². The first-order valence-electron chi connectivity index (χ1n) is 11.2. The Hall–Kier alpha value is -3.05. The quantitative estimate of drug-likeness (QED) is 0.340. The van der Waals surface area contributed by atoms with Gasteiger partial charge in [-0.2, -0.15) is 4.39 Å². The van der Waals surface area contributed by atoms with E-state index in [1.807, 2.05) is 12.1 Å². The Kier molecular flexibility index (Phi) is 7.19. The van der Waals surface area contributed by atoms with Crippen LogP contribution in [0.4, 0.5) is 13.2 Å². The predicted molar refractivity (Wildman–Crippen MR) is 125 cm³/mol. The lowest BCUT2D eigenvalue weighted by molar-refractivity contribution is -0.0191. The molecule has 1 fully saturated rings. The van der Waals surface area contributed by atoms with E-state index in [2.05, 4.69) is 6.58 Å². The lowest BCUT2D eigenvalue weighted by Crippen LogP contribution is -2.20. The van der Waals surface area contributed by atoms with E-state index in [9.17, 15) is 13.2 Å². The minimum atomic E-state index is -1.03. The van der Waals surface area contributed by atoms with Gasteiger partial charge in [0.15, 0.2) is 11.6 Å². The van der Waals surface area contributed by atoms with Crippen LogP contribution in [0.2, 0.25) is 0 Å². The van der Waals surface area contributed by atoms with Gasteiger partial charge in [-0.1, -0.05) is 42.5 Å². The van der Waals surface area contributed by atoms with Crippen LogP contribution >= 0.6 is 0 Å². The summed E-state index contributed by atoms with van der Waals surface area (Å²) in [7, 11) is 1.29. The molecule has 4 rings (SSSR count). The van der Waals surface area contributed by atoms with Crippen LogP contribution in [0.25, 0.3) is 22.3 Å². The van der Waals surface area contributed by atoms with Crippen LogP contribution in [0.5, 0.6) is 5.75 Å². The predicted octanol–water partition coefficient (Wildman–Crippen LogP) is 7.88. The molecule has 33 heavy (non-hydrogen) atoms. The number of ether oxygens (including phenoxy) is 2. The summed E-state index contributed by atoms with van der Waals surface area (Å²) in [4.78, 5) is 0. The molecule has 0 amide bonds. The molecule has 0 aromatic heterocycles. The molecule has 0 saturated carbocycles. The van der Waals surface area contributed by atoms with Gasteiger partial charge in [0.25, 0.3) is 0 Å². The van der Waals surface area contributed by atoms with Crippen molar-refractivity contribution in [3.63, 3.8) is 0 Å². The van der Waals surface area contributed by atoms with Crippen molar-refractivity contribution >= 4 is 0 Å². The fraction of sp³-hybridized carbons (Fsp3) is 0.286. The topological polar surface area (TPSA) is 18.5 Å². The monoisotopic (exact) mass is 452 g/mol. The molecule has 5 heteroatoms. The van der Waals surface area contributed by atoms with Gasteiger partial charge in [0.1, 0.15) is 5.82 Å². The lowest BCUT2D eigenvalue weighted by atomic mass is 9.91. The molecule has 0 aliphatic carbocycles. The first-order valence-corrected chi connectivity index (χ1v) is 11.2. The summed E-state index contributed by atoms with van der Waals surface area (Å²) in [5.41, 5.74) is 2.57. The van der Waals surface area contributed by atoms with Gasteiger partial charge in [0.2, 0.25) is 5.82 Å². The van der Waals surface area contributed by atoms with Gasteiger partial charge in [-0.15, -0.1) is 6.58 Å². The summed E-state index contributed by atoms with van der Waals surface area (Å²) in [5.74, 6) is -1.95. The van der Waals surface area contributed by atoms with Crippen LogP contribution in [0.15, 0.2) is 67.3 Å². The van der Waals surface area contributed by atoms with Crippen molar-refractivity contribution in [3.05, 3.63) is 90.3 Å². The maximum atomic E-state index is 15.0. The zero-order valence-electron chi connectivity index (χ0n) is 18.6. The van der Waals surface area contributed by atoms with Crippen LogP contribution in [0.1, 0.15) is 37.4 Å². The minimum Gasteiger partial charge on any atom is -0.494 e.